The van der Waals surface area contributed by atoms with Crippen LogP contribution in [0.15, 0.2) is 53.2 Å². The maximum absolute atomic E-state index is 12.1. The van der Waals surface area contributed by atoms with E-state index in [1.165, 1.54) is 0 Å². The number of hydrogen-bond donors (Lipinski definition) is 0. The van der Waals surface area contributed by atoms with Crippen molar-refractivity contribution in [2.24, 2.45) is 4.99 Å². The zero-order valence-corrected chi connectivity index (χ0v) is 14.7. The monoisotopic (exact) mass is 369 g/mol. The van der Waals surface area contributed by atoms with Gasteiger partial charge in [0.05, 0.1) is 0 Å². The topological polar surface area (TPSA) is 57.1 Å². The van der Waals surface area contributed by atoms with Gasteiger partial charge in [0.2, 0.25) is 0 Å². The maximum Gasteiger partial charge on any atom is 0.363 e. The van der Waals surface area contributed by atoms with E-state index in [-0.39, 0.29) is 5.70 Å². The first kappa shape index (κ1) is 16.7. The van der Waals surface area contributed by atoms with E-state index in [2.05, 4.69) is 4.99 Å². The first-order valence-electron chi connectivity index (χ1n) is 8.33. The van der Waals surface area contributed by atoms with Crippen LogP contribution in [0.4, 0.5) is 0 Å². The Morgan fingerprint density at radius 3 is 2.58 bits per heavy atom. The standard InChI is InChI=1S/C20H16ClNO4/c21-15-5-1-13(2-6-15)4-8-19-22-16(20(23)26-19)11-14-3-7-17-18(12-14)25-10-9-24-17/h1-3,5-7,11-12H,4,8-10H2/b16-11+. The van der Waals surface area contributed by atoms with Crippen LogP contribution in [0.25, 0.3) is 6.08 Å². The summed E-state index contributed by atoms with van der Waals surface area (Å²) in [7, 11) is 0. The minimum Gasteiger partial charge on any atom is -0.486 e. The molecule has 4 rings (SSSR count). The number of fused-ring (bicyclic) bond motifs is 1. The number of aryl methyl sites for hydroxylation is 1. The highest BCUT2D eigenvalue weighted by atomic mass is 35.5. The first-order chi connectivity index (χ1) is 12.7. The molecule has 2 aromatic rings. The maximum atomic E-state index is 12.1. The summed E-state index contributed by atoms with van der Waals surface area (Å²) in [5.41, 5.74) is 2.20. The van der Waals surface area contributed by atoms with E-state index in [9.17, 15) is 4.79 Å². The second-order valence-electron chi connectivity index (χ2n) is 5.95. The van der Waals surface area contributed by atoms with E-state index in [4.69, 9.17) is 25.8 Å². The molecule has 0 amide bonds. The Bertz CT molecular complexity index is 903. The molecule has 0 atom stereocenters. The molecule has 6 heteroatoms. The minimum atomic E-state index is -0.439. The Morgan fingerprint density at radius 2 is 1.77 bits per heavy atom. The molecule has 2 aromatic carbocycles. The summed E-state index contributed by atoms with van der Waals surface area (Å²) in [6.07, 6.45) is 2.96. The van der Waals surface area contributed by atoms with Crippen molar-refractivity contribution in [1.82, 2.24) is 0 Å². The number of ether oxygens (including phenoxy) is 3. The summed E-state index contributed by atoms with van der Waals surface area (Å²) in [5, 5.41) is 0.697. The van der Waals surface area contributed by atoms with Crippen molar-refractivity contribution in [2.45, 2.75) is 12.8 Å². The van der Waals surface area contributed by atoms with Gasteiger partial charge in [0.25, 0.3) is 0 Å². The Labute approximate surface area is 155 Å². The molecule has 0 bridgehead atoms. The van der Waals surface area contributed by atoms with Gasteiger partial charge in [-0.2, -0.15) is 0 Å². The van der Waals surface area contributed by atoms with Crippen molar-refractivity contribution >= 4 is 29.5 Å². The molecule has 5 nitrogen and oxygen atoms in total. The number of rotatable bonds is 4. The van der Waals surface area contributed by atoms with Gasteiger partial charge in [0, 0.05) is 11.4 Å². The molecular formula is C20H16ClNO4. The SMILES string of the molecule is O=C1OC(CCc2ccc(Cl)cc2)=N/C1=C/c1ccc2c(c1)OCCO2. The number of carbonyl (C=O) groups is 1. The molecule has 132 valence electrons. The molecule has 0 aromatic heterocycles. The molecule has 26 heavy (non-hydrogen) atoms. The lowest BCUT2D eigenvalue weighted by Gasteiger charge is -2.18. The Hall–Kier alpha value is -2.79. The summed E-state index contributed by atoms with van der Waals surface area (Å²) in [4.78, 5) is 16.4. The third kappa shape index (κ3) is 3.73. The number of aliphatic imine (C=N–C) groups is 1. The van der Waals surface area contributed by atoms with Gasteiger partial charge in [-0.3, -0.25) is 0 Å². The highest BCUT2D eigenvalue weighted by molar-refractivity contribution is 6.30. The summed E-state index contributed by atoms with van der Waals surface area (Å²) in [6, 6.07) is 13.1. The van der Waals surface area contributed by atoms with Crippen LogP contribution in [0.1, 0.15) is 17.5 Å². The van der Waals surface area contributed by atoms with Crippen LogP contribution in [-0.2, 0) is 16.0 Å². The van der Waals surface area contributed by atoms with Crippen LogP contribution in [0, 0.1) is 0 Å². The number of hydrogen-bond acceptors (Lipinski definition) is 5. The number of benzene rings is 2. The summed E-state index contributed by atoms with van der Waals surface area (Å²) in [5.74, 6) is 1.36. The third-order valence-electron chi connectivity index (χ3n) is 4.08. The molecule has 0 saturated heterocycles. The van der Waals surface area contributed by atoms with Gasteiger partial charge in [0.1, 0.15) is 13.2 Å². The zero-order chi connectivity index (χ0) is 17.9. The van der Waals surface area contributed by atoms with E-state index in [1.807, 2.05) is 42.5 Å². The number of nitrogens with zero attached hydrogens (tertiary/aromatic N) is 1. The zero-order valence-electron chi connectivity index (χ0n) is 13.9. The highest BCUT2D eigenvalue weighted by Crippen LogP contribution is 2.31. The van der Waals surface area contributed by atoms with Crippen molar-refractivity contribution in [2.75, 3.05) is 13.2 Å². The molecule has 0 radical (unpaired) electrons. The molecule has 0 unspecified atom stereocenters. The molecule has 2 aliphatic rings. The predicted octanol–water partition coefficient (Wildman–Crippen LogP) is 4.04. The van der Waals surface area contributed by atoms with Crippen LogP contribution >= 0.6 is 11.6 Å². The van der Waals surface area contributed by atoms with Gasteiger partial charge >= 0.3 is 5.97 Å². The second kappa shape index (κ2) is 7.22. The molecule has 2 aliphatic heterocycles. The fourth-order valence-electron chi connectivity index (χ4n) is 2.77. The van der Waals surface area contributed by atoms with Crippen molar-refractivity contribution in [3.05, 3.63) is 64.3 Å². The summed E-state index contributed by atoms with van der Waals surface area (Å²) in [6.45, 7) is 1.06. The lowest BCUT2D eigenvalue weighted by molar-refractivity contribution is -0.130. The van der Waals surface area contributed by atoms with Crippen LogP contribution in [0.3, 0.4) is 0 Å². The van der Waals surface area contributed by atoms with Gasteiger partial charge in [-0.1, -0.05) is 29.8 Å². The van der Waals surface area contributed by atoms with Gasteiger partial charge in [-0.05, 0) is 47.9 Å². The molecule has 0 N–H and O–H groups in total. The molecule has 2 heterocycles. The number of esters is 1. The van der Waals surface area contributed by atoms with Crippen molar-refractivity contribution in [3.63, 3.8) is 0 Å². The summed E-state index contributed by atoms with van der Waals surface area (Å²) < 4.78 is 16.3. The van der Waals surface area contributed by atoms with Crippen LogP contribution in [-0.4, -0.2) is 25.1 Å². The Balaban J connectivity index is 1.47. The fourth-order valence-corrected chi connectivity index (χ4v) is 2.90. The minimum absolute atomic E-state index is 0.285. The van der Waals surface area contributed by atoms with E-state index >= 15 is 0 Å². The highest BCUT2D eigenvalue weighted by Gasteiger charge is 2.23. The third-order valence-corrected chi connectivity index (χ3v) is 4.33. The number of halogens is 1. The molecule has 0 spiro atoms. The van der Waals surface area contributed by atoms with Crippen molar-refractivity contribution in [1.29, 1.82) is 0 Å². The molecule has 0 saturated carbocycles. The first-order valence-corrected chi connectivity index (χ1v) is 8.71. The van der Waals surface area contributed by atoms with E-state index < -0.39 is 5.97 Å². The van der Waals surface area contributed by atoms with E-state index in [0.717, 1.165) is 17.5 Å². The van der Waals surface area contributed by atoms with Gasteiger partial charge in [-0.25, -0.2) is 9.79 Å². The van der Waals surface area contributed by atoms with E-state index in [0.29, 0.717) is 42.1 Å². The Morgan fingerprint density at radius 1 is 1.00 bits per heavy atom. The van der Waals surface area contributed by atoms with Crippen LogP contribution in [0.2, 0.25) is 5.02 Å². The predicted molar refractivity (Wildman–Crippen MR) is 98.7 cm³/mol. The fraction of sp³-hybridized carbons (Fsp3) is 0.200. The second-order valence-corrected chi connectivity index (χ2v) is 6.39. The smallest absolute Gasteiger partial charge is 0.363 e. The normalized spacial score (nSPS) is 17.2. The number of carbonyl (C=O) groups excluding carboxylic acids is 1. The van der Waals surface area contributed by atoms with Crippen molar-refractivity contribution in [3.8, 4) is 11.5 Å². The lowest BCUT2D eigenvalue weighted by Crippen LogP contribution is -2.15. The quantitative estimate of drug-likeness (QED) is 0.603. The Kier molecular flexibility index (Phi) is 4.63. The van der Waals surface area contributed by atoms with Gasteiger partial charge in [0.15, 0.2) is 23.1 Å². The summed E-state index contributed by atoms with van der Waals surface area (Å²) >= 11 is 5.88. The molecule has 0 aliphatic carbocycles. The van der Waals surface area contributed by atoms with E-state index in [1.54, 1.807) is 6.08 Å². The average molecular weight is 370 g/mol. The van der Waals surface area contributed by atoms with Gasteiger partial charge in [-0.15, -0.1) is 0 Å². The van der Waals surface area contributed by atoms with Crippen LogP contribution < -0.4 is 9.47 Å². The van der Waals surface area contributed by atoms with Crippen molar-refractivity contribution < 1.29 is 19.0 Å². The number of cyclic esters (lactones) is 1. The lowest BCUT2D eigenvalue weighted by atomic mass is 10.1. The largest absolute Gasteiger partial charge is 0.486 e. The van der Waals surface area contributed by atoms with Gasteiger partial charge < -0.3 is 14.2 Å². The van der Waals surface area contributed by atoms with Crippen LogP contribution in [0.5, 0.6) is 11.5 Å². The molecular weight excluding hydrogens is 354 g/mol. The molecule has 0 fully saturated rings. The average Bonchev–Trinajstić information content (AvgIpc) is 3.01.